The second-order valence-electron chi connectivity index (χ2n) is 26.6. The zero-order valence-corrected chi connectivity index (χ0v) is 57.6. The van der Waals surface area contributed by atoms with Crippen LogP contribution in [0.25, 0.3) is 0 Å². The second-order valence-corrected chi connectivity index (χ2v) is 26.6. The normalized spacial score (nSPS) is 21.6. The summed E-state index contributed by atoms with van der Waals surface area (Å²) in [5.74, 6) is -1.70. The highest BCUT2D eigenvalue weighted by Crippen LogP contribution is 2.25. The van der Waals surface area contributed by atoms with E-state index < -0.39 is 0 Å². The molecule has 92 heavy (non-hydrogen) atoms. The molecule has 4 saturated carbocycles. The van der Waals surface area contributed by atoms with E-state index in [-0.39, 0.29) is 71.2 Å². The van der Waals surface area contributed by atoms with Crippen molar-refractivity contribution in [3.63, 3.8) is 0 Å². The maximum absolute atomic E-state index is 12.1. The minimum Gasteiger partial charge on any atom is -0.469 e. The lowest BCUT2D eigenvalue weighted by atomic mass is 9.98. The molecule has 0 N–H and O–H groups in total. The van der Waals surface area contributed by atoms with Crippen LogP contribution in [0.3, 0.4) is 0 Å². The van der Waals surface area contributed by atoms with Crippen LogP contribution in [-0.2, 0) is 57.3 Å². The molecule has 4 heterocycles. The van der Waals surface area contributed by atoms with Crippen LogP contribution in [0.2, 0.25) is 0 Å². The first kappa shape index (κ1) is 77.1. The number of ether oxygens (including phenoxy) is 4. The number of rotatable bonds is 32. The third kappa shape index (κ3) is 30.7. The summed E-state index contributed by atoms with van der Waals surface area (Å²) in [7, 11) is 2.75. The van der Waals surface area contributed by atoms with Gasteiger partial charge in [-0.15, -0.1) is 0 Å². The largest absolute Gasteiger partial charge is 0.469 e. The number of hydrogen-bond donors (Lipinski definition) is 0. The van der Waals surface area contributed by atoms with Crippen LogP contribution in [0.4, 0.5) is 0 Å². The maximum atomic E-state index is 12.1. The zero-order chi connectivity index (χ0) is 66.0. The molecule has 0 aromatic rings. The Morgan fingerprint density at radius 2 is 0.587 bits per heavy atom. The summed E-state index contributed by atoms with van der Waals surface area (Å²) in [6.07, 6.45) is 40.8. The fourth-order valence-electron chi connectivity index (χ4n) is 13.3. The summed E-state index contributed by atoms with van der Waals surface area (Å²) in [6, 6.07) is 0. The van der Waals surface area contributed by atoms with Crippen LogP contribution >= 0.6 is 0 Å². The quantitative estimate of drug-likeness (QED) is 0.0347. The number of carbonyl (C=O) groups is 8. The van der Waals surface area contributed by atoms with Crippen molar-refractivity contribution in [2.75, 3.05) is 106 Å². The Hall–Kier alpha value is -5.56. The highest BCUT2D eigenvalue weighted by atomic mass is 16.5. The molecule has 8 rings (SSSR count). The molecular weight excluding hydrogens is 1170 g/mol. The maximum Gasteiger partial charge on any atom is 0.311 e. The van der Waals surface area contributed by atoms with Gasteiger partial charge >= 0.3 is 23.9 Å². The number of hydrogen-bond acceptors (Lipinski definition) is 16. The molecule has 4 unspecified atom stereocenters. The first-order valence-corrected chi connectivity index (χ1v) is 36.5. The molecule has 0 radical (unpaired) electrons. The van der Waals surface area contributed by atoms with Crippen molar-refractivity contribution >= 4 is 70.4 Å². The smallest absolute Gasteiger partial charge is 0.311 e. The topological polar surface area (TPSA) is 236 Å². The Bertz CT molecular complexity index is 2340. The van der Waals surface area contributed by atoms with E-state index in [9.17, 15) is 38.4 Å². The molecule has 0 aromatic carbocycles. The van der Waals surface area contributed by atoms with Gasteiger partial charge in [-0.1, -0.05) is 78.1 Å². The summed E-state index contributed by atoms with van der Waals surface area (Å²) in [4.78, 5) is 120. The average Bonchev–Trinajstić information content (AvgIpc) is 2.55. The second kappa shape index (κ2) is 46.5. The van der Waals surface area contributed by atoms with Crippen molar-refractivity contribution in [3.05, 3.63) is 0 Å². The molecule has 4 atom stereocenters. The number of nitrogens with zero attached hydrogens (tertiary/aromatic N) is 8. The van der Waals surface area contributed by atoms with Crippen LogP contribution < -0.4 is 0 Å². The monoisotopic (exact) mass is 1290 g/mol. The van der Waals surface area contributed by atoms with E-state index in [0.717, 1.165) is 142 Å². The van der Waals surface area contributed by atoms with Gasteiger partial charge in [0.25, 0.3) is 0 Å². The lowest BCUT2D eigenvalue weighted by Gasteiger charge is -2.16. The van der Waals surface area contributed by atoms with E-state index in [0.29, 0.717) is 78.2 Å². The van der Waals surface area contributed by atoms with Gasteiger partial charge in [0.2, 0.25) is 23.6 Å². The summed E-state index contributed by atoms with van der Waals surface area (Å²) < 4.78 is 19.9. The Morgan fingerprint density at radius 1 is 0.337 bits per heavy atom. The molecule has 20 heteroatoms. The minimum absolute atomic E-state index is 0.0609. The number of unbranched alkanes of at least 4 members (excludes halogenated alkanes) is 8. The molecule has 20 nitrogen and oxygen atoms in total. The van der Waals surface area contributed by atoms with E-state index >= 15 is 0 Å². The minimum atomic E-state index is -0.280. The molecule has 4 amide bonds. The molecule has 8 aliphatic rings. The number of methoxy groups -OCH3 is 2. The van der Waals surface area contributed by atoms with Gasteiger partial charge in [0.1, 0.15) is 0 Å². The van der Waals surface area contributed by atoms with E-state index in [2.05, 4.69) is 23.8 Å². The number of esters is 4. The van der Waals surface area contributed by atoms with Crippen LogP contribution in [0.1, 0.15) is 258 Å². The Morgan fingerprint density at radius 3 is 0.859 bits per heavy atom. The fourth-order valence-corrected chi connectivity index (χ4v) is 13.3. The van der Waals surface area contributed by atoms with Crippen molar-refractivity contribution in [3.8, 4) is 0 Å². The highest BCUT2D eigenvalue weighted by Gasteiger charge is 2.38. The third-order valence-electron chi connectivity index (χ3n) is 19.0. The molecule has 4 aliphatic heterocycles. The zero-order valence-electron chi connectivity index (χ0n) is 57.6. The molecular formula is C72H120N8O12. The standard InChI is InChI=1S/C21H36N2O3.2C18H30N2O3.C15H24N2O3/c1-2-3-15-26-21(25)18-16-20(24)23(17-18)14-10-5-4-9-13-22-19-11-7-6-8-12-19;1-23-18(22)15-13-17(21)20(14-15)12-8-3-2-7-11-19-16-9-5-4-6-10-16;1-2-3-12-23-18(22)15-13-17(21)20(14-15)11-7-10-19-16-8-5-4-6-9-16;1-20-15(19)12-10-14(18)17(11-12)9-5-8-16-13-6-3-2-4-7-13/h18H,2-17H2,1H3;2*15H,2-14H2,1H3;12H,2-11H2,1H3. The van der Waals surface area contributed by atoms with Crippen molar-refractivity contribution in [2.45, 2.75) is 258 Å². The molecule has 0 aromatic heterocycles. The fraction of sp³-hybridized carbons (Fsp3) is 0.833. The van der Waals surface area contributed by atoms with Crippen LogP contribution in [0.15, 0.2) is 20.0 Å². The molecule has 520 valence electrons. The number of aliphatic imine (C=N–C) groups is 4. The number of likely N-dealkylation sites (tertiary alicyclic amines) is 4. The van der Waals surface area contributed by atoms with Crippen molar-refractivity contribution in [1.29, 1.82) is 0 Å². The lowest BCUT2D eigenvalue weighted by Crippen LogP contribution is -2.28. The Kier molecular flexibility index (Phi) is 39.0. The first-order chi connectivity index (χ1) is 44.8. The van der Waals surface area contributed by atoms with Gasteiger partial charge in [0.05, 0.1) is 51.1 Å². The Labute approximate surface area is 552 Å². The van der Waals surface area contributed by atoms with E-state index in [1.165, 1.54) is 153 Å². The summed E-state index contributed by atoms with van der Waals surface area (Å²) >= 11 is 0. The van der Waals surface area contributed by atoms with Crippen LogP contribution in [0, 0.1) is 23.7 Å². The van der Waals surface area contributed by atoms with Gasteiger partial charge in [-0.25, -0.2) is 0 Å². The summed E-state index contributed by atoms with van der Waals surface area (Å²) in [5, 5.41) is 0. The van der Waals surface area contributed by atoms with E-state index in [1.54, 1.807) is 9.80 Å². The van der Waals surface area contributed by atoms with E-state index in [1.807, 2.05) is 9.80 Å². The SMILES string of the molecule is CCCCOC(=O)C1CC(=O)N(CCCCCCN=C2CCCCC2)C1.CCCCOC(=O)C1CC(=O)N(CCCN=C2CCCCC2)C1.COC(=O)C1CC(=O)N(CCCCCCN=C2CCCCC2)C1.COC(=O)C1CC(=O)N(CCCN=C2CCCCC2)C1. The molecule has 4 saturated heterocycles. The predicted molar refractivity (Wildman–Crippen MR) is 362 cm³/mol. The van der Waals surface area contributed by atoms with Gasteiger partial charge in [0.15, 0.2) is 0 Å². The summed E-state index contributed by atoms with van der Waals surface area (Å²) in [5.41, 5.74) is 5.54. The third-order valence-corrected chi connectivity index (χ3v) is 19.0. The molecule has 4 aliphatic carbocycles. The van der Waals surface area contributed by atoms with E-state index in [4.69, 9.17) is 28.9 Å². The van der Waals surface area contributed by atoms with Crippen LogP contribution in [-0.4, -0.2) is 196 Å². The lowest BCUT2D eigenvalue weighted by molar-refractivity contribution is -0.149. The molecule has 8 fully saturated rings. The van der Waals surface area contributed by atoms with Gasteiger partial charge in [0, 0.05) is 127 Å². The first-order valence-electron chi connectivity index (χ1n) is 36.5. The van der Waals surface area contributed by atoms with Gasteiger partial charge < -0.3 is 38.5 Å². The Balaban J connectivity index is 0.000000223. The van der Waals surface area contributed by atoms with Gasteiger partial charge in [-0.3, -0.25) is 58.3 Å². The number of amides is 4. The van der Waals surface area contributed by atoms with Gasteiger partial charge in [-0.2, -0.15) is 0 Å². The predicted octanol–water partition coefficient (Wildman–Crippen LogP) is 11.9. The molecule has 0 bridgehead atoms. The summed E-state index contributed by atoms with van der Waals surface area (Å²) in [6.45, 7) is 13.6. The highest BCUT2D eigenvalue weighted by molar-refractivity contribution is 5.90. The van der Waals surface area contributed by atoms with Crippen molar-refractivity contribution < 1.29 is 57.3 Å². The van der Waals surface area contributed by atoms with Crippen molar-refractivity contribution in [1.82, 2.24) is 19.6 Å². The van der Waals surface area contributed by atoms with Crippen LogP contribution in [0.5, 0.6) is 0 Å². The van der Waals surface area contributed by atoms with Crippen molar-refractivity contribution in [2.24, 2.45) is 43.6 Å². The number of carbonyl (C=O) groups excluding carboxylic acids is 8. The van der Waals surface area contributed by atoms with Gasteiger partial charge in [-0.05, 0) is 154 Å². The average molecular weight is 1290 g/mol. The molecule has 0 spiro atoms.